The molecule has 0 saturated carbocycles. The SMILES string of the molecule is Cc1cc(C(=O)NCc2ccc(C#N)cc2OCCNS(C)(=O)=O)ccc1F. The van der Waals surface area contributed by atoms with Crippen molar-refractivity contribution in [3.63, 3.8) is 0 Å². The molecule has 2 aromatic rings. The van der Waals surface area contributed by atoms with Crippen LogP contribution in [0, 0.1) is 24.1 Å². The molecule has 1 amide bonds. The Morgan fingerprint density at radius 2 is 2.00 bits per heavy atom. The first-order valence-corrected chi connectivity index (χ1v) is 10.2. The van der Waals surface area contributed by atoms with E-state index in [4.69, 9.17) is 10.00 Å². The van der Waals surface area contributed by atoms with E-state index in [-0.39, 0.29) is 31.4 Å². The normalized spacial score (nSPS) is 10.9. The van der Waals surface area contributed by atoms with Gasteiger partial charge < -0.3 is 10.1 Å². The Kier molecular flexibility index (Phi) is 7.09. The van der Waals surface area contributed by atoms with Crippen LogP contribution in [0.25, 0.3) is 0 Å². The molecule has 0 aromatic heterocycles. The summed E-state index contributed by atoms with van der Waals surface area (Å²) >= 11 is 0. The summed E-state index contributed by atoms with van der Waals surface area (Å²) in [6.45, 7) is 1.81. The molecule has 0 heterocycles. The Hall–Kier alpha value is -2.96. The average Bonchev–Trinajstić information content (AvgIpc) is 2.65. The van der Waals surface area contributed by atoms with Gasteiger partial charge in [0.25, 0.3) is 5.91 Å². The number of nitrogens with one attached hydrogen (secondary N) is 2. The monoisotopic (exact) mass is 405 g/mol. The smallest absolute Gasteiger partial charge is 0.251 e. The van der Waals surface area contributed by atoms with E-state index in [2.05, 4.69) is 10.0 Å². The molecule has 2 rings (SSSR count). The van der Waals surface area contributed by atoms with Gasteiger partial charge in [0.1, 0.15) is 18.2 Å². The molecule has 0 aliphatic rings. The van der Waals surface area contributed by atoms with E-state index in [1.165, 1.54) is 24.3 Å². The maximum absolute atomic E-state index is 13.3. The number of rotatable bonds is 8. The molecule has 0 fully saturated rings. The highest BCUT2D eigenvalue weighted by Crippen LogP contribution is 2.20. The van der Waals surface area contributed by atoms with Gasteiger partial charge in [-0.15, -0.1) is 0 Å². The summed E-state index contributed by atoms with van der Waals surface area (Å²) in [6.07, 6.45) is 1.04. The highest BCUT2D eigenvalue weighted by atomic mass is 32.2. The molecule has 0 atom stereocenters. The molecule has 148 valence electrons. The number of hydrogen-bond donors (Lipinski definition) is 2. The topological polar surface area (TPSA) is 108 Å². The molecular formula is C19H20FN3O4S. The highest BCUT2D eigenvalue weighted by Gasteiger charge is 2.11. The van der Waals surface area contributed by atoms with E-state index in [9.17, 15) is 17.6 Å². The zero-order valence-corrected chi connectivity index (χ0v) is 16.3. The Morgan fingerprint density at radius 3 is 2.64 bits per heavy atom. The van der Waals surface area contributed by atoms with E-state index in [1.807, 2.05) is 6.07 Å². The van der Waals surface area contributed by atoms with Crippen LogP contribution in [0.5, 0.6) is 5.75 Å². The van der Waals surface area contributed by atoms with Crippen LogP contribution in [-0.2, 0) is 16.6 Å². The molecule has 7 nitrogen and oxygen atoms in total. The number of benzene rings is 2. The molecule has 0 aliphatic heterocycles. The minimum Gasteiger partial charge on any atom is -0.492 e. The first-order chi connectivity index (χ1) is 13.2. The maximum Gasteiger partial charge on any atom is 0.251 e. The van der Waals surface area contributed by atoms with Gasteiger partial charge in [0.2, 0.25) is 10.0 Å². The number of sulfonamides is 1. The van der Waals surface area contributed by atoms with Crippen molar-refractivity contribution in [2.45, 2.75) is 13.5 Å². The number of carbonyl (C=O) groups excluding carboxylic acids is 1. The van der Waals surface area contributed by atoms with Gasteiger partial charge in [-0.25, -0.2) is 17.5 Å². The van der Waals surface area contributed by atoms with E-state index in [0.29, 0.717) is 28.0 Å². The maximum atomic E-state index is 13.3. The van der Waals surface area contributed by atoms with Gasteiger partial charge in [0.05, 0.1) is 17.9 Å². The summed E-state index contributed by atoms with van der Waals surface area (Å²) < 4.78 is 43.4. The minimum atomic E-state index is -3.33. The molecule has 0 radical (unpaired) electrons. The first kappa shape index (κ1) is 21.3. The molecule has 0 unspecified atom stereocenters. The molecule has 2 aromatic carbocycles. The van der Waals surface area contributed by atoms with Crippen molar-refractivity contribution >= 4 is 15.9 Å². The molecule has 0 bridgehead atoms. The zero-order chi connectivity index (χ0) is 20.7. The second kappa shape index (κ2) is 9.30. The zero-order valence-electron chi connectivity index (χ0n) is 15.5. The van der Waals surface area contributed by atoms with Crippen LogP contribution in [0.4, 0.5) is 4.39 Å². The number of ether oxygens (including phenoxy) is 1. The first-order valence-electron chi connectivity index (χ1n) is 8.34. The fraction of sp³-hybridized carbons (Fsp3) is 0.263. The van der Waals surface area contributed by atoms with Gasteiger partial charge in [-0.05, 0) is 42.8 Å². The van der Waals surface area contributed by atoms with E-state index < -0.39 is 10.0 Å². The fourth-order valence-electron chi connectivity index (χ4n) is 2.36. The predicted molar refractivity (Wildman–Crippen MR) is 102 cm³/mol. The lowest BCUT2D eigenvalue weighted by Gasteiger charge is -2.13. The number of nitrogens with zero attached hydrogens (tertiary/aromatic N) is 1. The largest absolute Gasteiger partial charge is 0.492 e. The van der Waals surface area contributed by atoms with Crippen LogP contribution in [0.1, 0.15) is 27.0 Å². The van der Waals surface area contributed by atoms with E-state index >= 15 is 0 Å². The quantitative estimate of drug-likeness (QED) is 0.652. The van der Waals surface area contributed by atoms with E-state index in [1.54, 1.807) is 19.1 Å². The minimum absolute atomic E-state index is 0.0556. The van der Waals surface area contributed by atoms with Gasteiger partial charge in [-0.3, -0.25) is 4.79 Å². The van der Waals surface area contributed by atoms with Crippen molar-refractivity contribution in [1.82, 2.24) is 10.0 Å². The number of halogens is 1. The number of nitriles is 1. The Labute approximate surface area is 163 Å². The summed E-state index contributed by atoms with van der Waals surface area (Å²) in [5.41, 5.74) is 1.68. The summed E-state index contributed by atoms with van der Waals surface area (Å²) in [5.74, 6) is -0.399. The molecule has 28 heavy (non-hydrogen) atoms. The second-order valence-electron chi connectivity index (χ2n) is 6.10. The van der Waals surface area contributed by atoms with Gasteiger partial charge in [-0.2, -0.15) is 5.26 Å². The number of amides is 1. The van der Waals surface area contributed by atoms with Gasteiger partial charge in [0.15, 0.2) is 0 Å². The van der Waals surface area contributed by atoms with Crippen molar-refractivity contribution in [3.05, 3.63) is 64.5 Å². The Balaban J connectivity index is 2.06. The summed E-state index contributed by atoms with van der Waals surface area (Å²) in [6, 6.07) is 10.8. The van der Waals surface area contributed by atoms with Gasteiger partial charge in [0, 0.05) is 24.2 Å². The molecule has 0 saturated heterocycles. The fourth-order valence-corrected chi connectivity index (χ4v) is 2.81. The predicted octanol–water partition coefficient (Wildman–Crippen LogP) is 1.86. The molecule has 2 N–H and O–H groups in total. The molecule has 0 spiro atoms. The molecular weight excluding hydrogens is 385 g/mol. The van der Waals surface area contributed by atoms with Crippen LogP contribution in [-0.4, -0.2) is 33.7 Å². The lowest BCUT2D eigenvalue weighted by atomic mass is 10.1. The van der Waals surface area contributed by atoms with Crippen molar-refractivity contribution in [1.29, 1.82) is 5.26 Å². The van der Waals surface area contributed by atoms with Crippen LogP contribution in [0.2, 0.25) is 0 Å². The van der Waals surface area contributed by atoms with Crippen molar-refractivity contribution in [2.24, 2.45) is 0 Å². The average molecular weight is 405 g/mol. The van der Waals surface area contributed by atoms with Crippen LogP contribution in [0.3, 0.4) is 0 Å². The number of aryl methyl sites for hydroxylation is 1. The lowest BCUT2D eigenvalue weighted by Crippen LogP contribution is -2.27. The summed E-state index contributed by atoms with van der Waals surface area (Å²) in [5, 5.41) is 11.8. The molecule has 0 aliphatic carbocycles. The van der Waals surface area contributed by atoms with Crippen LogP contribution in [0.15, 0.2) is 36.4 Å². The number of hydrogen-bond acceptors (Lipinski definition) is 5. The summed E-state index contributed by atoms with van der Waals surface area (Å²) in [7, 11) is -3.33. The van der Waals surface area contributed by atoms with Crippen molar-refractivity contribution in [2.75, 3.05) is 19.4 Å². The Bertz CT molecular complexity index is 1020. The highest BCUT2D eigenvalue weighted by molar-refractivity contribution is 7.88. The van der Waals surface area contributed by atoms with Crippen molar-refractivity contribution in [3.8, 4) is 11.8 Å². The van der Waals surface area contributed by atoms with Gasteiger partial charge in [-0.1, -0.05) is 6.07 Å². The van der Waals surface area contributed by atoms with Crippen molar-refractivity contribution < 1.29 is 22.3 Å². The lowest BCUT2D eigenvalue weighted by molar-refractivity contribution is 0.0950. The standard InChI is InChI=1S/C19H20FN3O4S/c1-13-9-15(5-6-17(13)20)19(24)22-12-16-4-3-14(11-21)10-18(16)27-8-7-23-28(2,25)26/h3-6,9-10,23H,7-8,12H2,1-2H3,(H,22,24). The Morgan fingerprint density at radius 1 is 1.25 bits per heavy atom. The van der Waals surface area contributed by atoms with E-state index in [0.717, 1.165) is 6.26 Å². The van der Waals surface area contributed by atoms with Crippen LogP contribution >= 0.6 is 0 Å². The number of carbonyl (C=O) groups is 1. The third-order valence-electron chi connectivity index (χ3n) is 3.78. The third kappa shape index (κ3) is 6.33. The van der Waals surface area contributed by atoms with Gasteiger partial charge >= 0.3 is 0 Å². The second-order valence-corrected chi connectivity index (χ2v) is 7.93. The third-order valence-corrected chi connectivity index (χ3v) is 4.51. The molecule has 9 heteroatoms. The van der Waals surface area contributed by atoms with Crippen LogP contribution < -0.4 is 14.8 Å². The summed E-state index contributed by atoms with van der Waals surface area (Å²) in [4.78, 5) is 12.3.